The third-order valence-corrected chi connectivity index (χ3v) is 4.53. The monoisotopic (exact) mass is 324 g/mol. The van der Waals surface area contributed by atoms with Crippen molar-refractivity contribution in [3.8, 4) is 0 Å². The summed E-state index contributed by atoms with van der Waals surface area (Å²) in [6.45, 7) is 2.23. The highest BCUT2D eigenvalue weighted by atomic mass is 35.5. The van der Waals surface area contributed by atoms with E-state index in [1.807, 2.05) is 19.1 Å². The summed E-state index contributed by atoms with van der Waals surface area (Å²) in [4.78, 5) is 24.5. The molecule has 0 heterocycles. The molecule has 120 valence electrons. The Morgan fingerprint density at radius 3 is 2.45 bits per heavy atom. The minimum absolute atomic E-state index is 0.00685. The molecule has 22 heavy (non-hydrogen) atoms. The molecule has 2 rings (SSSR count). The zero-order valence-electron chi connectivity index (χ0n) is 12.8. The van der Waals surface area contributed by atoms with Gasteiger partial charge in [0, 0.05) is 24.0 Å². The van der Waals surface area contributed by atoms with E-state index in [4.69, 9.17) is 11.6 Å². The minimum Gasteiger partial charge on any atom is -0.465 e. The smallest absolute Gasteiger partial charge is 0.407 e. The van der Waals surface area contributed by atoms with Crippen LogP contribution < -0.4 is 5.32 Å². The maximum Gasteiger partial charge on any atom is 0.407 e. The molecule has 1 atom stereocenters. The van der Waals surface area contributed by atoms with E-state index in [0.29, 0.717) is 18.0 Å². The Bertz CT molecular complexity index is 555. The standard InChI is InChI=1S/C16H21ClN2O3/c1-16(7-8-16)14(20)18-10-13(19(2)15(21)22)9-11-3-5-12(17)6-4-11/h3-6,13H,7-10H2,1-2H3,(H,18,20)(H,21,22)/t13-/m1/s1. The predicted octanol–water partition coefficient (Wildman–Crippen LogP) is 2.78. The van der Waals surface area contributed by atoms with Crippen LogP contribution in [0.1, 0.15) is 25.3 Å². The quantitative estimate of drug-likeness (QED) is 0.845. The fourth-order valence-corrected chi connectivity index (χ4v) is 2.36. The van der Waals surface area contributed by atoms with Gasteiger partial charge in [-0.15, -0.1) is 0 Å². The Kier molecular flexibility index (Phi) is 4.96. The first kappa shape index (κ1) is 16.6. The van der Waals surface area contributed by atoms with Crippen LogP contribution in [0.2, 0.25) is 5.02 Å². The van der Waals surface area contributed by atoms with Crippen LogP contribution >= 0.6 is 11.6 Å². The third-order valence-electron chi connectivity index (χ3n) is 4.28. The average Bonchev–Trinajstić information content (AvgIpc) is 3.23. The molecule has 2 amide bonds. The molecule has 1 aliphatic carbocycles. The van der Waals surface area contributed by atoms with Crippen LogP contribution in [0.15, 0.2) is 24.3 Å². The highest BCUT2D eigenvalue weighted by Crippen LogP contribution is 2.44. The van der Waals surface area contributed by atoms with Crippen LogP contribution in [0.4, 0.5) is 4.79 Å². The van der Waals surface area contributed by atoms with Gasteiger partial charge in [0.05, 0.1) is 6.04 Å². The number of carbonyl (C=O) groups excluding carboxylic acids is 1. The lowest BCUT2D eigenvalue weighted by atomic mass is 10.0. The van der Waals surface area contributed by atoms with Gasteiger partial charge in [-0.2, -0.15) is 0 Å². The van der Waals surface area contributed by atoms with E-state index in [-0.39, 0.29) is 17.4 Å². The number of carbonyl (C=O) groups is 2. The van der Waals surface area contributed by atoms with E-state index in [1.165, 1.54) is 11.9 Å². The Morgan fingerprint density at radius 1 is 1.36 bits per heavy atom. The van der Waals surface area contributed by atoms with Crippen LogP contribution in [0, 0.1) is 5.41 Å². The summed E-state index contributed by atoms with van der Waals surface area (Å²) in [6.07, 6.45) is 1.31. The Hall–Kier alpha value is -1.75. The number of amides is 2. The fraction of sp³-hybridized carbons (Fsp3) is 0.500. The fourth-order valence-electron chi connectivity index (χ4n) is 2.23. The summed E-state index contributed by atoms with van der Waals surface area (Å²) >= 11 is 5.86. The molecule has 0 aromatic heterocycles. The maximum absolute atomic E-state index is 12.0. The topological polar surface area (TPSA) is 69.6 Å². The molecular formula is C16H21ClN2O3. The van der Waals surface area contributed by atoms with Gasteiger partial charge in [0.2, 0.25) is 5.91 Å². The molecule has 0 saturated heterocycles. The third kappa shape index (κ3) is 4.13. The van der Waals surface area contributed by atoms with Crippen molar-refractivity contribution in [1.82, 2.24) is 10.2 Å². The number of nitrogens with zero attached hydrogens (tertiary/aromatic N) is 1. The van der Waals surface area contributed by atoms with Crippen molar-refractivity contribution in [2.45, 2.75) is 32.2 Å². The number of rotatable bonds is 6. The number of nitrogens with one attached hydrogen (secondary N) is 1. The lowest BCUT2D eigenvalue weighted by Gasteiger charge is -2.26. The molecule has 5 nitrogen and oxygen atoms in total. The normalized spacial score (nSPS) is 16.7. The van der Waals surface area contributed by atoms with Crippen LogP contribution in [0.3, 0.4) is 0 Å². The van der Waals surface area contributed by atoms with E-state index < -0.39 is 6.09 Å². The number of carboxylic acid groups (broad SMARTS) is 1. The van der Waals surface area contributed by atoms with Crippen molar-refractivity contribution in [1.29, 1.82) is 0 Å². The summed E-state index contributed by atoms with van der Waals surface area (Å²) in [7, 11) is 1.52. The van der Waals surface area contributed by atoms with Crippen molar-refractivity contribution >= 4 is 23.6 Å². The molecule has 6 heteroatoms. The summed E-state index contributed by atoms with van der Waals surface area (Å²) in [6, 6.07) is 6.98. The lowest BCUT2D eigenvalue weighted by molar-refractivity contribution is -0.125. The van der Waals surface area contributed by atoms with Gasteiger partial charge in [0.1, 0.15) is 0 Å². The van der Waals surface area contributed by atoms with Crippen molar-refractivity contribution in [2.75, 3.05) is 13.6 Å². The highest BCUT2D eigenvalue weighted by molar-refractivity contribution is 6.30. The van der Waals surface area contributed by atoms with Gasteiger partial charge in [0.15, 0.2) is 0 Å². The molecule has 0 spiro atoms. The van der Waals surface area contributed by atoms with Crippen LogP contribution in [0.25, 0.3) is 0 Å². The molecule has 1 aromatic carbocycles. The molecule has 1 aromatic rings. The van der Waals surface area contributed by atoms with Crippen LogP contribution in [0.5, 0.6) is 0 Å². The van der Waals surface area contributed by atoms with Gasteiger partial charge < -0.3 is 15.3 Å². The number of benzene rings is 1. The van der Waals surface area contributed by atoms with Crippen molar-refractivity contribution < 1.29 is 14.7 Å². The van der Waals surface area contributed by atoms with Crippen molar-refractivity contribution in [3.63, 3.8) is 0 Å². The number of halogens is 1. The van der Waals surface area contributed by atoms with Gasteiger partial charge in [0.25, 0.3) is 0 Å². The van der Waals surface area contributed by atoms with E-state index in [1.54, 1.807) is 12.1 Å². The lowest BCUT2D eigenvalue weighted by Crippen LogP contribution is -2.46. The molecule has 2 N–H and O–H groups in total. The number of likely N-dealkylation sites (N-methyl/N-ethyl adjacent to an activating group) is 1. The van der Waals surface area contributed by atoms with Crippen LogP contribution in [-0.2, 0) is 11.2 Å². The number of hydrogen-bond acceptors (Lipinski definition) is 2. The largest absolute Gasteiger partial charge is 0.465 e. The summed E-state index contributed by atoms with van der Waals surface area (Å²) in [5.74, 6) is 0.00685. The van der Waals surface area contributed by atoms with Gasteiger partial charge in [-0.25, -0.2) is 4.79 Å². The minimum atomic E-state index is -1.01. The first-order valence-corrected chi connectivity index (χ1v) is 7.68. The molecule has 1 saturated carbocycles. The van der Waals surface area contributed by atoms with Gasteiger partial charge >= 0.3 is 6.09 Å². The first-order chi connectivity index (χ1) is 10.3. The molecule has 0 bridgehead atoms. The van der Waals surface area contributed by atoms with Gasteiger partial charge in [-0.1, -0.05) is 30.7 Å². The van der Waals surface area contributed by atoms with Crippen LogP contribution in [-0.4, -0.2) is 41.6 Å². The van der Waals surface area contributed by atoms with Gasteiger partial charge in [-0.05, 0) is 37.0 Å². The molecular weight excluding hydrogens is 304 g/mol. The van der Waals surface area contributed by atoms with E-state index >= 15 is 0 Å². The highest BCUT2D eigenvalue weighted by Gasteiger charge is 2.44. The Labute approximate surface area is 135 Å². The summed E-state index contributed by atoms with van der Waals surface area (Å²) < 4.78 is 0. The van der Waals surface area contributed by atoms with E-state index in [2.05, 4.69) is 5.32 Å². The van der Waals surface area contributed by atoms with Gasteiger partial charge in [-0.3, -0.25) is 4.79 Å². The van der Waals surface area contributed by atoms with E-state index in [0.717, 1.165) is 18.4 Å². The maximum atomic E-state index is 12.0. The second-order valence-corrected chi connectivity index (χ2v) is 6.59. The van der Waals surface area contributed by atoms with E-state index in [9.17, 15) is 14.7 Å². The zero-order chi connectivity index (χ0) is 16.3. The first-order valence-electron chi connectivity index (χ1n) is 7.30. The summed E-state index contributed by atoms with van der Waals surface area (Å²) in [5.41, 5.74) is 0.724. The molecule has 1 fully saturated rings. The SMILES string of the molecule is CN(C(=O)O)[C@@H](CNC(=O)C1(C)CC1)Cc1ccc(Cl)cc1. The Morgan fingerprint density at radius 2 is 1.95 bits per heavy atom. The molecule has 0 radical (unpaired) electrons. The average molecular weight is 325 g/mol. The molecule has 0 unspecified atom stereocenters. The molecule has 0 aliphatic heterocycles. The predicted molar refractivity (Wildman–Crippen MR) is 85.1 cm³/mol. The second-order valence-electron chi connectivity index (χ2n) is 6.15. The molecule has 1 aliphatic rings. The number of hydrogen-bond donors (Lipinski definition) is 2. The van der Waals surface area contributed by atoms with Crippen molar-refractivity contribution in [2.24, 2.45) is 5.41 Å². The second kappa shape index (κ2) is 6.57. The summed E-state index contributed by atoms with van der Waals surface area (Å²) in [5, 5.41) is 12.7. The van der Waals surface area contributed by atoms with Crippen molar-refractivity contribution in [3.05, 3.63) is 34.9 Å². The zero-order valence-corrected chi connectivity index (χ0v) is 13.6. The Balaban J connectivity index is 2.00.